The van der Waals surface area contributed by atoms with Crippen molar-refractivity contribution in [3.05, 3.63) is 54.2 Å². The molecule has 5 rings (SSSR count). The number of nitrogens with one attached hydrogen (secondary N) is 1. The minimum absolute atomic E-state index is 0.0977. The first kappa shape index (κ1) is 19.8. The quantitative estimate of drug-likeness (QED) is 0.697. The highest BCUT2D eigenvalue weighted by Gasteiger charge is 2.48. The highest BCUT2D eigenvalue weighted by atomic mass is 16.3. The summed E-state index contributed by atoms with van der Waals surface area (Å²) in [5, 5.41) is 3.29. The molecule has 0 unspecified atom stereocenters. The Kier molecular flexibility index (Phi) is 4.84. The second-order valence-electron chi connectivity index (χ2n) is 9.15. The van der Waals surface area contributed by atoms with Crippen molar-refractivity contribution in [1.82, 2.24) is 19.8 Å². The first-order valence-corrected chi connectivity index (χ1v) is 11.1. The van der Waals surface area contributed by atoms with Crippen molar-refractivity contribution in [3.63, 3.8) is 0 Å². The maximum atomic E-state index is 13.7. The number of fused-ring (bicyclic) bond motifs is 3. The van der Waals surface area contributed by atoms with Gasteiger partial charge in [-0.1, -0.05) is 25.8 Å². The van der Waals surface area contributed by atoms with Crippen LogP contribution in [0.15, 0.2) is 47.3 Å². The molecule has 3 atom stereocenters. The molecule has 1 aliphatic heterocycles. The zero-order valence-corrected chi connectivity index (χ0v) is 18.0. The van der Waals surface area contributed by atoms with Crippen LogP contribution in [0.5, 0.6) is 0 Å². The maximum absolute atomic E-state index is 13.7. The fourth-order valence-electron chi connectivity index (χ4n) is 5.05. The summed E-state index contributed by atoms with van der Waals surface area (Å²) in [7, 11) is 0. The number of rotatable bonds is 4. The van der Waals surface area contributed by atoms with Gasteiger partial charge in [-0.25, -0.2) is 0 Å². The van der Waals surface area contributed by atoms with Gasteiger partial charge in [0.25, 0.3) is 5.91 Å². The third-order valence-corrected chi connectivity index (χ3v) is 7.03. The van der Waals surface area contributed by atoms with Crippen LogP contribution in [-0.4, -0.2) is 37.8 Å². The van der Waals surface area contributed by atoms with Crippen molar-refractivity contribution < 1.29 is 14.0 Å². The number of carbonyl (C=O) groups is 2. The molecule has 1 saturated carbocycles. The summed E-state index contributed by atoms with van der Waals surface area (Å²) >= 11 is 0. The molecule has 162 valence electrons. The first-order chi connectivity index (χ1) is 15.0. The molecule has 3 aromatic heterocycles. The Hall–Kier alpha value is -3.09. The molecule has 7 nitrogen and oxygen atoms in total. The average Bonchev–Trinajstić information content (AvgIpc) is 3.36. The maximum Gasteiger partial charge on any atom is 0.271 e. The molecule has 7 heteroatoms. The minimum Gasteiger partial charge on any atom is -0.463 e. The SMILES string of the molecule is C[C@@H]1CCCC[C@H]1NC(=O)[C@@]1(C)Cn2c(cc3occc32)C(=O)N1Cc1cccnc1. The van der Waals surface area contributed by atoms with Gasteiger partial charge in [-0.15, -0.1) is 0 Å². The van der Waals surface area contributed by atoms with Crippen LogP contribution in [0.4, 0.5) is 0 Å². The van der Waals surface area contributed by atoms with E-state index in [-0.39, 0.29) is 17.9 Å². The van der Waals surface area contributed by atoms with Gasteiger partial charge in [0.05, 0.1) is 18.3 Å². The summed E-state index contributed by atoms with van der Waals surface area (Å²) in [6, 6.07) is 7.55. The van der Waals surface area contributed by atoms with Gasteiger partial charge in [0.2, 0.25) is 5.91 Å². The molecule has 4 heterocycles. The van der Waals surface area contributed by atoms with Gasteiger partial charge in [0.1, 0.15) is 11.2 Å². The van der Waals surface area contributed by atoms with Crippen LogP contribution in [-0.2, 0) is 17.9 Å². The van der Waals surface area contributed by atoms with E-state index in [9.17, 15) is 9.59 Å². The Morgan fingerprint density at radius 1 is 1.32 bits per heavy atom. The van der Waals surface area contributed by atoms with Gasteiger partial charge < -0.3 is 19.2 Å². The van der Waals surface area contributed by atoms with Gasteiger partial charge >= 0.3 is 0 Å². The lowest BCUT2D eigenvalue weighted by molar-refractivity contribution is -0.134. The van der Waals surface area contributed by atoms with Crippen LogP contribution >= 0.6 is 0 Å². The molecule has 0 radical (unpaired) electrons. The van der Waals surface area contributed by atoms with Crippen molar-refractivity contribution in [2.24, 2.45) is 5.92 Å². The number of hydrogen-bond donors (Lipinski definition) is 1. The van der Waals surface area contributed by atoms with E-state index in [2.05, 4.69) is 17.2 Å². The van der Waals surface area contributed by atoms with Gasteiger partial charge in [-0.2, -0.15) is 0 Å². The third kappa shape index (κ3) is 3.32. The molecule has 1 aliphatic carbocycles. The van der Waals surface area contributed by atoms with Crippen molar-refractivity contribution in [3.8, 4) is 0 Å². The molecule has 1 fully saturated rings. The van der Waals surface area contributed by atoms with Crippen molar-refractivity contribution in [1.29, 1.82) is 0 Å². The van der Waals surface area contributed by atoms with Crippen LogP contribution in [0.3, 0.4) is 0 Å². The standard InChI is InChI=1S/C24H28N4O3/c1-16-6-3-4-8-18(16)26-23(30)24(2)15-27-19-9-11-31-21(19)12-20(27)22(29)28(24)14-17-7-5-10-25-13-17/h5,7,9-13,16,18H,3-4,6,8,14-15H2,1-2H3,(H,26,30)/t16-,18-,24-/m1/s1. The average molecular weight is 421 g/mol. The molecule has 0 bridgehead atoms. The second-order valence-corrected chi connectivity index (χ2v) is 9.15. The molecule has 0 saturated heterocycles. The van der Waals surface area contributed by atoms with E-state index < -0.39 is 5.54 Å². The summed E-state index contributed by atoms with van der Waals surface area (Å²) in [4.78, 5) is 33.2. The zero-order chi connectivity index (χ0) is 21.6. The van der Waals surface area contributed by atoms with Crippen LogP contribution in [0, 0.1) is 5.92 Å². The first-order valence-electron chi connectivity index (χ1n) is 11.1. The number of pyridine rings is 1. The van der Waals surface area contributed by atoms with Gasteiger partial charge in [-0.3, -0.25) is 14.6 Å². The second kappa shape index (κ2) is 7.55. The Bertz CT molecular complexity index is 1120. The predicted octanol–water partition coefficient (Wildman–Crippen LogP) is 3.74. The van der Waals surface area contributed by atoms with E-state index in [0.29, 0.717) is 30.3 Å². The van der Waals surface area contributed by atoms with Gasteiger partial charge in [0, 0.05) is 37.1 Å². The monoisotopic (exact) mass is 420 g/mol. The highest BCUT2D eigenvalue weighted by Crippen LogP contribution is 2.34. The lowest BCUT2D eigenvalue weighted by Crippen LogP contribution is -2.65. The molecule has 0 spiro atoms. The number of amides is 2. The minimum atomic E-state index is -1.03. The van der Waals surface area contributed by atoms with E-state index in [1.54, 1.807) is 29.6 Å². The van der Waals surface area contributed by atoms with Crippen molar-refractivity contribution in [2.75, 3.05) is 0 Å². The predicted molar refractivity (Wildman–Crippen MR) is 116 cm³/mol. The van der Waals surface area contributed by atoms with Crippen LogP contribution in [0.1, 0.15) is 55.6 Å². The van der Waals surface area contributed by atoms with Gasteiger partial charge in [0.15, 0.2) is 5.58 Å². The Morgan fingerprint density at radius 3 is 2.94 bits per heavy atom. The smallest absolute Gasteiger partial charge is 0.271 e. The summed E-state index contributed by atoms with van der Waals surface area (Å²) < 4.78 is 7.46. The summed E-state index contributed by atoms with van der Waals surface area (Å²) in [6.07, 6.45) is 9.51. The van der Waals surface area contributed by atoms with Crippen molar-refractivity contribution in [2.45, 2.75) is 64.2 Å². The molecular formula is C24H28N4O3. The van der Waals surface area contributed by atoms with Gasteiger partial charge in [-0.05, 0) is 37.3 Å². The molecule has 3 aromatic rings. The number of hydrogen-bond acceptors (Lipinski definition) is 4. The van der Waals surface area contributed by atoms with Crippen LogP contribution in [0.2, 0.25) is 0 Å². The zero-order valence-electron chi connectivity index (χ0n) is 18.0. The summed E-state index contributed by atoms with van der Waals surface area (Å²) in [5.41, 5.74) is 1.92. The number of carbonyl (C=O) groups excluding carboxylic acids is 2. The normalized spacial score (nSPS) is 26.1. The highest BCUT2D eigenvalue weighted by molar-refractivity contribution is 6.02. The van der Waals surface area contributed by atoms with E-state index >= 15 is 0 Å². The van der Waals surface area contributed by atoms with E-state index in [0.717, 1.165) is 30.3 Å². The molecule has 2 aliphatic rings. The molecule has 31 heavy (non-hydrogen) atoms. The Balaban J connectivity index is 1.53. The summed E-state index contributed by atoms with van der Waals surface area (Å²) in [5.74, 6) is 0.172. The number of nitrogens with zero attached hydrogens (tertiary/aromatic N) is 3. The lowest BCUT2D eigenvalue weighted by Gasteiger charge is -2.45. The number of aromatic nitrogens is 2. The molecule has 1 N–H and O–H groups in total. The molecular weight excluding hydrogens is 392 g/mol. The third-order valence-electron chi connectivity index (χ3n) is 7.03. The van der Waals surface area contributed by atoms with Crippen LogP contribution < -0.4 is 5.32 Å². The Labute approximate surface area is 181 Å². The van der Waals surface area contributed by atoms with E-state index in [1.807, 2.05) is 29.7 Å². The van der Waals surface area contributed by atoms with E-state index in [4.69, 9.17) is 4.42 Å². The topological polar surface area (TPSA) is 80.4 Å². The van der Waals surface area contributed by atoms with E-state index in [1.165, 1.54) is 6.42 Å². The molecule has 0 aromatic carbocycles. The summed E-state index contributed by atoms with van der Waals surface area (Å²) in [6.45, 7) is 4.78. The lowest BCUT2D eigenvalue weighted by atomic mass is 9.85. The fourth-order valence-corrected chi connectivity index (χ4v) is 5.05. The molecule has 2 amide bonds. The Morgan fingerprint density at radius 2 is 2.16 bits per heavy atom. The van der Waals surface area contributed by atoms with Crippen LogP contribution in [0.25, 0.3) is 11.1 Å². The fraction of sp³-hybridized carbons (Fsp3) is 0.458. The van der Waals surface area contributed by atoms with Crippen molar-refractivity contribution >= 4 is 22.9 Å². The largest absolute Gasteiger partial charge is 0.463 e. The number of furan rings is 1.